The molecule has 2 aromatic rings. The van der Waals surface area contributed by atoms with E-state index in [1.807, 2.05) is 24.9 Å². The van der Waals surface area contributed by atoms with Crippen molar-refractivity contribution < 1.29 is 0 Å². The number of nitrogens with one attached hydrogen (secondary N) is 1. The first-order chi connectivity index (χ1) is 9.35. The summed E-state index contributed by atoms with van der Waals surface area (Å²) in [7, 11) is 1.95. The Hall–Kier alpha value is -1.22. The molecule has 0 aliphatic rings. The highest BCUT2D eigenvalue weighted by Crippen LogP contribution is 2.24. The Morgan fingerprint density at radius 3 is 2.84 bits per heavy atom. The molecule has 0 spiro atoms. The SMILES string of the molecule is CCCCCSCc1cc2ccccc2nc1NC. The van der Waals surface area contributed by atoms with Gasteiger partial charge in [-0.2, -0.15) is 11.8 Å². The Bertz CT molecular complexity index is 525. The van der Waals surface area contributed by atoms with E-state index in [4.69, 9.17) is 0 Å². The van der Waals surface area contributed by atoms with Crippen LogP contribution >= 0.6 is 11.8 Å². The monoisotopic (exact) mass is 274 g/mol. The van der Waals surface area contributed by atoms with Crippen molar-refractivity contribution in [1.82, 2.24) is 4.98 Å². The van der Waals surface area contributed by atoms with Gasteiger partial charge >= 0.3 is 0 Å². The van der Waals surface area contributed by atoms with E-state index in [1.165, 1.54) is 36.0 Å². The lowest BCUT2D eigenvalue weighted by Crippen LogP contribution is -1.98. The summed E-state index contributed by atoms with van der Waals surface area (Å²) >= 11 is 2.00. The second kappa shape index (κ2) is 7.39. The number of hydrogen-bond donors (Lipinski definition) is 1. The summed E-state index contributed by atoms with van der Waals surface area (Å²) in [6.45, 7) is 2.25. The number of pyridine rings is 1. The molecule has 0 aliphatic carbocycles. The fourth-order valence-corrected chi connectivity index (χ4v) is 3.12. The smallest absolute Gasteiger partial charge is 0.130 e. The Kier molecular flexibility index (Phi) is 5.52. The number of anilines is 1. The van der Waals surface area contributed by atoms with E-state index >= 15 is 0 Å². The topological polar surface area (TPSA) is 24.9 Å². The Labute approximate surface area is 120 Å². The summed E-state index contributed by atoms with van der Waals surface area (Å²) in [5.74, 6) is 3.29. The number of thioether (sulfide) groups is 1. The molecule has 19 heavy (non-hydrogen) atoms. The lowest BCUT2D eigenvalue weighted by atomic mass is 10.1. The first-order valence-electron chi connectivity index (χ1n) is 6.99. The van der Waals surface area contributed by atoms with Gasteiger partial charge in [-0.25, -0.2) is 4.98 Å². The zero-order chi connectivity index (χ0) is 13.5. The van der Waals surface area contributed by atoms with Crippen molar-refractivity contribution in [2.75, 3.05) is 18.1 Å². The van der Waals surface area contributed by atoms with Crippen LogP contribution in [0.5, 0.6) is 0 Å². The van der Waals surface area contributed by atoms with Crippen LogP contribution in [0.15, 0.2) is 30.3 Å². The predicted octanol–water partition coefficient (Wildman–Crippen LogP) is 4.70. The molecular formula is C16H22N2S. The van der Waals surface area contributed by atoms with E-state index in [0.29, 0.717) is 0 Å². The summed E-state index contributed by atoms with van der Waals surface area (Å²) < 4.78 is 0. The number of unbranched alkanes of at least 4 members (excludes halogenated alkanes) is 2. The van der Waals surface area contributed by atoms with Gasteiger partial charge in [0, 0.05) is 23.8 Å². The molecule has 0 aliphatic heterocycles. The van der Waals surface area contributed by atoms with Crippen molar-refractivity contribution in [1.29, 1.82) is 0 Å². The van der Waals surface area contributed by atoms with Crippen LogP contribution in [0.25, 0.3) is 10.9 Å². The van der Waals surface area contributed by atoms with E-state index < -0.39 is 0 Å². The molecule has 1 N–H and O–H groups in total. The van der Waals surface area contributed by atoms with Crippen molar-refractivity contribution in [2.24, 2.45) is 0 Å². The molecule has 2 nitrogen and oxygen atoms in total. The van der Waals surface area contributed by atoms with Crippen molar-refractivity contribution in [3.8, 4) is 0 Å². The third-order valence-electron chi connectivity index (χ3n) is 3.19. The first-order valence-corrected chi connectivity index (χ1v) is 8.14. The van der Waals surface area contributed by atoms with E-state index in [9.17, 15) is 0 Å². The molecule has 0 saturated carbocycles. The molecule has 1 aromatic heterocycles. The minimum absolute atomic E-state index is 1.02. The predicted molar refractivity (Wildman–Crippen MR) is 87.0 cm³/mol. The third-order valence-corrected chi connectivity index (χ3v) is 4.28. The van der Waals surface area contributed by atoms with Gasteiger partial charge in [-0.15, -0.1) is 0 Å². The van der Waals surface area contributed by atoms with Crippen LogP contribution in [0.3, 0.4) is 0 Å². The Morgan fingerprint density at radius 1 is 1.21 bits per heavy atom. The lowest BCUT2D eigenvalue weighted by Gasteiger charge is -2.10. The highest BCUT2D eigenvalue weighted by molar-refractivity contribution is 7.98. The second-order valence-electron chi connectivity index (χ2n) is 4.70. The van der Waals surface area contributed by atoms with E-state index in [-0.39, 0.29) is 0 Å². The minimum atomic E-state index is 1.02. The summed E-state index contributed by atoms with van der Waals surface area (Å²) in [6, 6.07) is 10.6. The van der Waals surface area contributed by atoms with Gasteiger partial charge in [0.2, 0.25) is 0 Å². The van der Waals surface area contributed by atoms with E-state index in [2.05, 4.69) is 41.5 Å². The molecule has 0 atom stereocenters. The number of rotatable bonds is 7. The molecule has 3 heteroatoms. The Balaban J connectivity index is 2.08. The molecule has 0 bridgehead atoms. The molecule has 0 radical (unpaired) electrons. The van der Waals surface area contributed by atoms with Crippen LogP contribution in [0.1, 0.15) is 31.7 Å². The van der Waals surface area contributed by atoms with Gasteiger partial charge in [0.15, 0.2) is 0 Å². The number of para-hydroxylation sites is 1. The largest absolute Gasteiger partial charge is 0.373 e. The van der Waals surface area contributed by atoms with Crippen molar-refractivity contribution >= 4 is 28.5 Å². The van der Waals surface area contributed by atoms with Crippen LogP contribution in [-0.2, 0) is 5.75 Å². The van der Waals surface area contributed by atoms with Gasteiger partial charge in [0.25, 0.3) is 0 Å². The standard InChI is InChI=1S/C16H22N2S/c1-3-4-7-10-19-12-14-11-13-8-5-6-9-15(13)18-16(14)17-2/h5-6,8-9,11H,3-4,7,10,12H2,1-2H3,(H,17,18). The fraction of sp³-hybridized carbons (Fsp3) is 0.438. The maximum atomic E-state index is 4.68. The highest BCUT2D eigenvalue weighted by atomic mass is 32.2. The van der Waals surface area contributed by atoms with Crippen LogP contribution in [0, 0.1) is 0 Å². The quantitative estimate of drug-likeness (QED) is 0.741. The molecule has 1 heterocycles. The molecule has 0 saturated heterocycles. The summed E-state index contributed by atoms with van der Waals surface area (Å²) in [6.07, 6.45) is 3.94. The van der Waals surface area contributed by atoms with Crippen molar-refractivity contribution in [3.63, 3.8) is 0 Å². The highest BCUT2D eigenvalue weighted by Gasteiger charge is 2.05. The summed E-state index contributed by atoms with van der Waals surface area (Å²) in [4.78, 5) is 4.68. The zero-order valence-electron chi connectivity index (χ0n) is 11.8. The van der Waals surface area contributed by atoms with Crippen LogP contribution < -0.4 is 5.32 Å². The molecule has 0 fully saturated rings. The van der Waals surface area contributed by atoms with E-state index in [1.54, 1.807) is 0 Å². The van der Waals surface area contributed by atoms with Crippen molar-refractivity contribution in [2.45, 2.75) is 31.9 Å². The molecule has 1 aromatic carbocycles. The van der Waals surface area contributed by atoms with Gasteiger partial charge in [0.05, 0.1) is 5.52 Å². The lowest BCUT2D eigenvalue weighted by molar-refractivity contribution is 0.778. The van der Waals surface area contributed by atoms with E-state index in [0.717, 1.165) is 17.1 Å². The van der Waals surface area contributed by atoms with Gasteiger partial charge < -0.3 is 5.32 Å². The van der Waals surface area contributed by atoms with Crippen LogP contribution in [-0.4, -0.2) is 17.8 Å². The number of aromatic nitrogens is 1. The summed E-state index contributed by atoms with van der Waals surface area (Å²) in [5, 5.41) is 4.44. The molecule has 2 rings (SSSR count). The Morgan fingerprint density at radius 2 is 2.05 bits per heavy atom. The van der Waals surface area contributed by atoms with Gasteiger partial charge in [-0.05, 0) is 24.3 Å². The molecular weight excluding hydrogens is 252 g/mol. The molecule has 0 amide bonds. The van der Waals surface area contributed by atoms with Gasteiger partial charge in [-0.1, -0.05) is 38.0 Å². The van der Waals surface area contributed by atoms with Gasteiger partial charge in [-0.3, -0.25) is 0 Å². The minimum Gasteiger partial charge on any atom is -0.373 e. The number of benzene rings is 1. The normalized spacial score (nSPS) is 10.8. The fourth-order valence-electron chi connectivity index (χ4n) is 2.12. The molecule has 0 unspecified atom stereocenters. The number of nitrogens with zero attached hydrogens (tertiary/aromatic N) is 1. The van der Waals surface area contributed by atoms with Crippen LogP contribution in [0.2, 0.25) is 0 Å². The zero-order valence-corrected chi connectivity index (χ0v) is 12.6. The van der Waals surface area contributed by atoms with Gasteiger partial charge in [0.1, 0.15) is 5.82 Å². The second-order valence-corrected chi connectivity index (χ2v) is 5.80. The molecule has 102 valence electrons. The average Bonchev–Trinajstić information content (AvgIpc) is 2.46. The third kappa shape index (κ3) is 3.87. The maximum absolute atomic E-state index is 4.68. The maximum Gasteiger partial charge on any atom is 0.130 e. The number of hydrogen-bond acceptors (Lipinski definition) is 3. The van der Waals surface area contributed by atoms with Crippen LogP contribution in [0.4, 0.5) is 5.82 Å². The average molecular weight is 274 g/mol. The summed E-state index contributed by atoms with van der Waals surface area (Å²) in [5.41, 5.74) is 2.37. The number of fused-ring (bicyclic) bond motifs is 1. The first kappa shape index (κ1) is 14.2. The van der Waals surface area contributed by atoms with Crippen molar-refractivity contribution in [3.05, 3.63) is 35.9 Å².